The van der Waals surface area contributed by atoms with E-state index in [0.717, 1.165) is 28.2 Å². The van der Waals surface area contributed by atoms with E-state index in [1.165, 1.54) is 12.1 Å². The van der Waals surface area contributed by atoms with Crippen LogP contribution in [0.4, 0.5) is 23.8 Å². The third kappa shape index (κ3) is 5.07. The first-order valence-electron chi connectivity index (χ1n) is 11.4. The van der Waals surface area contributed by atoms with Crippen molar-refractivity contribution in [1.82, 2.24) is 20.4 Å². The summed E-state index contributed by atoms with van der Waals surface area (Å²) in [6, 6.07) is 5.83. The van der Waals surface area contributed by atoms with Crippen molar-refractivity contribution in [3.63, 3.8) is 0 Å². The second-order valence-electron chi connectivity index (χ2n) is 9.20. The molecule has 1 aromatic carbocycles. The number of benzene rings is 1. The van der Waals surface area contributed by atoms with Gasteiger partial charge in [0.05, 0.1) is 5.69 Å². The van der Waals surface area contributed by atoms with Crippen molar-refractivity contribution < 1.29 is 19.4 Å². The number of carbonyl (C=O) groups excluding carboxylic acids is 1. The smallest absolute Gasteiger partial charge is 0.317 e. The summed E-state index contributed by atoms with van der Waals surface area (Å²) >= 11 is 0. The van der Waals surface area contributed by atoms with Gasteiger partial charge in [0, 0.05) is 51.5 Å². The maximum atomic E-state index is 13.4. The highest BCUT2D eigenvalue weighted by Crippen LogP contribution is 2.33. The molecule has 9 heteroatoms. The lowest BCUT2D eigenvalue weighted by Gasteiger charge is -2.41. The number of alkyl halides is 2. The number of nitrogens with zero attached hydrogens (tertiary/aromatic N) is 4. The average Bonchev–Trinajstić information content (AvgIpc) is 2.78. The number of hydrogen-bond donors (Lipinski definition) is 1. The molecule has 1 saturated heterocycles. The summed E-state index contributed by atoms with van der Waals surface area (Å²) in [5, 5.41) is 11.8. The maximum Gasteiger partial charge on any atom is 0.317 e. The van der Waals surface area contributed by atoms with Crippen LogP contribution in [0, 0.1) is 19.7 Å². The van der Waals surface area contributed by atoms with E-state index >= 15 is 0 Å². The highest BCUT2D eigenvalue weighted by Gasteiger charge is 2.36. The summed E-state index contributed by atoms with van der Waals surface area (Å²) in [5.41, 5.74) is 3.51. The average molecular weight is 464 g/mol. The number of nitrogens with one attached hydrogen (secondary N) is 1. The second-order valence-corrected chi connectivity index (χ2v) is 9.20. The minimum absolute atomic E-state index is 0. The Morgan fingerprint density at radius 1 is 1.09 bits per heavy atom. The fourth-order valence-electron chi connectivity index (χ4n) is 4.65. The standard InChI is InChI=1S/C24H30F3N5O.H2/c1-15-14-31(23(33)28-20-8-10-24(26,27)11-9-20)12-13-32(15)22-17(3)16(2)21(29-30-22)18-4-6-19(25)7-5-18;/h4-7,15,20H,8-14H2,1-3H3,(H,28,33);1H. The number of piperazine rings is 1. The fourth-order valence-corrected chi connectivity index (χ4v) is 4.65. The second kappa shape index (κ2) is 9.19. The Morgan fingerprint density at radius 3 is 2.39 bits per heavy atom. The Hall–Kier alpha value is -2.84. The molecule has 1 N–H and O–H groups in total. The third-order valence-corrected chi connectivity index (χ3v) is 6.85. The maximum absolute atomic E-state index is 13.4. The van der Waals surface area contributed by atoms with Gasteiger partial charge in [-0.2, -0.15) is 0 Å². The van der Waals surface area contributed by atoms with Gasteiger partial charge < -0.3 is 15.1 Å². The lowest BCUT2D eigenvalue weighted by atomic mass is 9.92. The Kier molecular flexibility index (Phi) is 6.50. The van der Waals surface area contributed by atoms with E-state index in [1.807, 2.05) is 20.8 Å². The Morgan fingerprint density at radius 2 is 1.76 bits per heavy atom. The van der Waals surface area contributed by atoms with E-state index in [2.05, 4.69) is 20.4 Å². The van der Waals surface area contributed by atoms with Gasteiger partial charge in [0.2, 0.25) is 5.92 Å². The first kappa shape index (κ1) is 23.3. The number of carbonyl (C=O) groups is 1. The Balaban J connectivity index is 0.00000324. The number of halogens is 3. The van der Waals surface area contributed by atoms with Gasteiger partial charge in [-0.15, -0.1) is 10.2 Å². The van der Waals surface area contributed by atoms with Crippen LogP contribution in [0.2, 0.25) is 0 Å². The molecule has 180 valence electrons. The van der Waals surface area contributed by atoms with Gasteiger partial charge in [-0.3, -0.25) is 0 Å². The zero-order valence-electron chi connectivity index (χ0n) is 19.2. The number of aromatic nitrogens is 2. The number of hydrogen-bond acceptors (Lipinski definition) is 4. The van der Waals surface area contributed by atoms with Crippen LogP contribution in [-0.4, -0.2) is 58.8 Å². The normalized spacial score (nSPS) is 21.2. The van der Waals surface area contributed by atoms with Crippen LogP contribution in [0.25, 0.3) is 11.3 Å². The molecule has 2 heterocycles. The summed E-state index contributed by atoms with van der Waals surface area (Å²) in [7, 11) is 0. The van der Waals surface area contributed by atoms with Crippen molar-refractivity contribution in [3.8, 4) is 11.3 Å². The molecule has 1 saturated carbocycles. The topological polar surface area (TPSA) is 61.4 Å². The summed E-state index contributed by atoms with van der Waals surface area (Å²) in [5.74, 6) is -2.12. The molecule has 6 nitrogen and oxygen atoms in total. The Bertz CT molecular complexity index is 1010. The van der Waals surface area contributed by atoms with Crippen LogP contribution >= 0.6 is 0 Å². The molecule has 1 aromatic heterocycles. The largest absolute Gasteiger partial charge is 0.349 e. The van der Waals surface area contributed by atoms with E-state index < -0.39 is 5.92 Å². The quantitative estimate of drug-likeness (QED) is 0.700. The zero-order chi connectivity index (χ0) is 23.8. The van der Waals surface area contributed by atoms with Gasteiger partial charge in [0.15, 0.2) is 5.82 Å². The van der Waals surface area contributed by atoms with Gasteiger partial charge in [0.25, 0.3) is 0 Å². The van der Waals surface area contributed by atoms with Crippen LogP contribution in [-0.2, 0) is 0 Å². The molecule has 2 fully saturated rings. The fraction of sp³-hybridized carbons (Fsp3) is 0.542. The van der Waals surface area contributed by atoms with Gasteiger partial charge in [-0.05, 0) is 69.0 Å². The van der Waals surface area contributed by atoms with Gasteiger partial charge in [-0.25, -0.2) is 18.0 Å². The van der Waals surface area contributed by atoms with E-state index in [9.17, 15) is 18.0 Å². The van der Waals surface area contributed by atoms with Crippen molar-refractivity contribution >= 4 is 11.8 Å². The lowest BCUT2D eigenvalue weighted by Crippen LogP contribution is -2.57. The molecular weight excluding hydrogens is 431 g/mol. The highest BCUT2D eigenvalue weighted by molar-refractivity contribution is 5.75. The van der Waals surface area contributed by atoms with E-state index in [1.54, 1.807) is 17.0 Å². The molecule has 2 aliphatic rings. The van der Waals surface area contributed by atoms with Crippen molar-refractivity contribution in [2.24, 2.45) is 0 Å². The van der Waals surface area contributed by atoms with Crippen molar-refractivity contribution in [1.29, 1.82) is 0 Å². The molecule has 2 amide bonds. The van der Waals surface area contributed by atoms with Crippen LogP contribution in [0.15, 0.2) is 24.3 Å². The molecule has 1 aliphatic carbocycles. The number of urea groups is 1. The highest BCUT2D eigenvalue weighted by atomic mass is 19.3. The molecule has 0 spiro atoms. The Labute approximate surface area is 193 Å². The van der Waals surface area contributed by atoms with E-state index in [-0.39, 0.29) is 38.2 Å². The van der Waals surface area contributed by atoms with Crippen LogP contribution in [0.1, 0.15) is 45.2 Å². The van der Waals surface area contributed by atoms with E-state index in [0.29, 0.717) is 32.5 Å². The minimum atomic E-state index is -2.61. The molecule has 0 bridgehead atoms. The third-order valence-electron chi connectivity index (χ3n) is 6.85. The molecule has 1 atom stereocenters. The monoisotopic (exact) mass is 463 g/mol. The van der Waals surface area contributed by atoms with Crippen LogP contribution < -0.4 is 10.2 Å². The number of rotatable bonds is 3. The molecule has 2 aromatic rings. The number of anilines is 1. The first-order chi connectivity index (χ1) is 15.6. The van der Waals surface area contributed by atoms with Gasteiger partial charge >= 0.3 is 6.03 Å². The van der Waals surface area contributed by atoms with Gasteiger partial charge in [0.1, 0.15) is 5.82 Å². The van der Waals surface area contributed by atoms with Crippen LogP contribution in [0.5, 0.6) is 0 Å². The lowest BCUT2D eigenvalue weighted by molar-refractivity contribution is -0.0398. The van der Waals surface area contributed by atoms with Gasteiger partial charge in [-0.1, -0.05) is 0 Å². The number of amides is 2. The predicted molar refractivity (Wildman–Crippen MR) is 123 cm³/mol. The van der Waals surface area contributed by atoms with E-state index in [4.69, 9.17) is 0 Å². The molecule has 4 rings (SSSR count). The first-order valence-corrected chi connectivity index (χ1v) is 11.4. The van der Waals surface area contributed by atoms with Crippen molar-refractivity contribution in [2.75, 3.05) is 24.5 Å². The summed E-state index contributed by atoms with van der Waals surface area (Å²) in [4.78, 5) is 16.6. The predicted octanol–water partition coefficient (Wildman–Crippen LogP) is 4.94. The molecule has 1 aliphatic heterocycles. The van der Waals surface area contributed by atoms with Crippen LogP contribution in [0.3, 0.4) is 0 Å². The summed E-state index contributed by atoms with van der Waals surface area (Å²) < 4.78 is 40.0. The summed E-state index contributed by atoms with van der Waals surface area (Å²) in [6.45, 7) is 7.63. The molecule has 33 heavy (non-hydrogen) atoms. The molecular formula is C24H32F3N5O. The SMILES string of the molecule is Cc1c(-c2ccc(F)cc2)nnc(N2CCN(C(=O)NC3CCC(F)(F)CC3)CC2C)c1C.[HH]. The molecule has 1 unspecified atom stereocenters. The van der Waals surface area contributed by atoms with Crippen molar-refractivity contribution in [2.45, 2.75) is 64.5 Å². The minimum Gasteiger partial charge on any atom is -0.349 e. The zero-order valence-corrected chi connectivity index (χ0v) is 19.2. The molecule has 0 radical (unpaired) electrons. The summed E-state index contributed by atoms with van der Waals surface area (Å²) in [6.07, 6.45) is 0.270. The van der Waals surface area contributed by atoms with Crippen molar-refractivity contribution in [3.05, 3.63) is 41.2 Å².